The van der Waals surface area contributed by atoms with E-state index in [1.54, 1.807) is 0 Å². The molecule has 56 heavy (non-hydrogen) atoms. The molecule has 0 saturated heterocycles. The average molecular weight is 787 g/mol. The van der Waals surface area contributed by atoms with Crippen LogP contribution in [0.25, 0.3) is 0 Å². The van der Waals surface area contributed by atoms with Gasteiger partial charge in [0.1, 0.15) is 13.2 Å². The van der Waals surface area contributed by atoms with Gasteiger partial charge in [0.2, 0.25) is 0 Å². The molecule has 0 spiro atoms. The number of carbonyl (C=O) groups is 3. The lowest BCUT2D eigenvalue weighted by Crippen LogP contribution is -2.30. The van der Waals surface area contributed by atoms with Crippen LogP contribution in [-0.4, -0.2) is 37.2 Å². The van der Waals surface area contributed by atoms with Crippen LogP contribution in [0.1, 0.15) is 245 Å². The van der Waals surface area contributed by atoms with E-state index in [4.69, 9.17) is 14.2 Å². The van der Waals surface area contributed by atoms with Crippen LogP contribution in [0.15, 0.2) is 36.5 Å². The van der Waals surface area contributed by atoms with E-state index < -0.39 is 6.10 Å². The lowest BCUT2D eigenvalue weighted by Gasteiger charge is -2.18. The molecule has 0 aliphatic heterocycles. The Labute approximate surface area is 346 Å². The van der Waals surface area contributed by atoms with Gasteiger partial charge in [-0.3, -0.25) is 14.4 Å². The summed E-state index contributed by atoms with van der Waals surface area (Å²) in [6.45, 7) is 6.55. The largest absolute Gasteiger partial charge is 0.462 e. The maximum Gasteiger partial charge on any atom is 0.306 e. The molecular formula is C50H90O6. The van der Waals surface area contributed by atoms with Crippen LogP contribution in [0.2, 0.25) is 0 Å². The summed E-state index contributed by atoms with van der Waals surface area (Å²) in [4.78, 5) is 37.7. The van der Waals surface area contributed by atoms with Gasteiger partial charge in [0.15, 0.2) is 6.10 Å². The van der Waals surface area contributed by atoms with Crippen molar-refractivity contribution >= 4 is 17.9 Å². The van der Waals surface area contributed by atoms with Crippen LogP contribution < -0.4 is 0 Å². The van der Waals surface area contributed by atoms with Gasteiger partial charge in [0.05, 0.1) is 0 Å². The highest BCUT2D eigenvalue weighted by Crippen LogP contribution is 2.14. The van der Waals surface area contributed by atoms with Crippen molar-refractivity contribution < 1.29 is 28.6 Å². The first-order chi connectivity index (χ1) is 27.5. The molecule has 0 N–H and O–H groups in total. The Morgan fingerprint density at radius 1 is 0.357 bits per heavy atom. The Balaban J connectivity index is 4.33. The highest BCUT2D eigenvalue weighted by molar-refractivity contribution is 5.71. The summed E-state index contributed by atoms with van der Waals surface area (Å²) in [5.74, 6) is -0.892. The summed E-state index contributed by atoms with van der Waals surface area (Å²) in [7, 11) is 0. The number of rotatable bonds is 43. The van der Waals surface area contributed by atoms with Gasteiger partial charge in [-0.25, -0.2) is 0 Å². The normalized spacial score (nSPS) is 12.3. The van der Waals surface area contributed by atoms with Crippen molar-refractivity contribution in [1.29, 1.82) is 0 Å². The van der Waals surface area contributed by atoms with Crippen LogP contribution in [0, 0.1) is 0 Å². The molecule has 0 aromatic carbocycles. The molecule has 0 amide bonds. The zero-order valence-corrected chi connectivity index (χ0v) is 37.2. The Kier molecular flexibility index (Phi) is 43.4. The first-order valence-corrected chi connectivity index (χ1v) is 24.0. The molecule has 6 heteroatoms. The summed E-state index contributed by atoms with van der Waals surface area (Å²) < 4.78 is 16.7. The van der Waals surface area contributed by atoms with Crippen LogP contribution in [0.5, 0.6) is 0 Å². The van der Waals surface area contributed by atoms with Crippen molar-refractivity contribution in [3.63, 3.8) is 0 Å². The summed E-state index contributed by atoms with van der Waals surface area (Å²) in [6.07, 6.45) is 51.2. The second kappa shape index (κ2) is 45.3. The topological polar surface area (TPSA) is 78.9 Å². The van der Waals surface area contributed by atoms with Crippen LogP contribution in [0.4, 0.5) is 0 Å². The minimum absolute atomic E-state index is 0.0760. The van der Waals surface area contributed by atoms with Gasteiger partial charge < -0.3 is 14.2 Å². The molecule has 0 fully saturated rings. The van der Waals surface area contributed by atoms with E-state index in [2.05, 4.69) is 57.2 Å². The number of carbonyl (C=O) groups excluding carboxylic acids is 3. The van der Waals surface area contributed by atoms with Gasteiger partial charge >= 0.3 is 17.9 Å². The van der Waals surface area contributed by atoms with Gasteiger partial charge in [-0.15, -0.1) is 0 Å². The number of hydrogen-bond acceptors (Lipinski definition) is 6. The van der Waals surface area contributed by atoms with Crippen molar-refractivity contribution in [3.8, 4) is 0 Å². The zero-order chi connectivity index (χ0) is 40.8. The molecule has 0 aromatic heterocycles. The van der Waals surface area contributed by atoms with Crippen molar-refractivity contribution in [2.75, 3.05) is 13.2 Å². The third kappa shape index (κ3) is 42.8. The fraction of sp³-hybridized carbons (Fsp3) is 0.820. The molecule has 0 heterocycles. The predicted octanol–water partition coefficient (Wildman–Crippen LogP) is 15.4. The molecule has 0 radical (unpaired) electrons. The standard InChI is InChI=1S/C50H90O6/c1-4-7-10-13-16-19-22-23-24-25-26-27-29-31-34-37-40-43-49(52)55-46-47(45-54-48(51)42-39-36-33-30-21-18-15-12-9-6-3)56-50(53)44-41-38-35-32-28-20-17-14-11-8-5-2/h14,16-17,19,23-24,47H,4-13,15,18,20-22,25-46H2,1-3H3/b17-14-,19-16-,24-23-. The molecule has 0 saturated carbocycles. The van der Waals surface area contributed by atoms with Crippen molar-refractivity contribution in [3.05, 3.63) is 36.5 Å². The van der Waals surface area contributed by atoms with E-state index in [1.165, 1.54) is 122 Å². The van der Waals surface area contributed by atoms with Crippen LogP contribution in [0.3, 0.4) is 0 Å². The number of unbranched alkanes of at least 4 members (excludes halogenated alkanes) is 26. The molecule has 0 bridgehead atoms. The third-order valence-corrected chi connectivity index (χ3v) is 10.4. The van der Waals surface area contributed by atoms with Crippen molar-refractivity contribution in [2.24, 2.45) is 0 Å². The highest BCUT2D eigenvalue weighted by atomic mass is 16.6. The first kappa shape index (κ1) is 53.6. The van der Waals surface area contributed by atoms with Crippen LogP contribution in [-0.2, 0) is 28.6 Å². The second-order valence-corrected chi connectivity index (χ2v) is 16.0. The van der Waals surface area contributed by atoms with Gasteiger partial charge in [0, 0.05) is 19.3 Å². The van der Waals surface area contributed by atoms with Gasteiger partial charge in [-0.05, 0) is 70.6 Å². The second-order valence-electron chi connectivity index (χ2n) is 16.0. The predicted molar refractivity (Wildman–Crippen MR) is 238 cm³/mol. The van der Waals surface area contributed by atoms with Crippen LogP contribution >= 0.6 is 0 Å². The molecule has 1 atom stereocenters. The Morgan fingerprint density at radius 2 is 0.661 bits per heavy atom. The maximum atomic E-state index is 12.7. The highest BCUT2D eigenvalue weighted by Gasteiger charge is 2.19. The molecule has 0 aliphatic rings. The fourth-order valence-electron chi connectivity index (χ4n) is 6.69. The number of esters is 3. The van der Waals surface area contributed by atoms with E-state index >= 15 is 0 Å². The lowest BCUT2D eigenvalue weighted by atomic mass is 10.1. The quantitative estimate of drug-likeness (QED) is 0.0265. The maximum absolute atomic E-state index is 12.7. The van der Waals surface area contributed by atoms with Crippen molar-refractivity contribution in [2.45, 2.75) is 252 Å². The van der Waals surface area contributed by atoms with Crippen molar-refractivity contribution in [1.82, 2.24) is 0 Å². The van der Waals surface area contributed by atoms with E-state index in [1.807, 2.05) is 0 Å². The summed E-state index contributed by atoms with van der Waals surface area (Å²) in [5, 5.41) is 0. The molecule has 6 nitrogen and oxygen atoms in total. The molecule has 0 aliphatic carbocycles. The lowest BCUT2D eigenvalue weighted by molar-refractivity contribution is -0.167. The minimum Gasteiger partial charge on any atom is -0.462 e. The number of ether oxygens (including phenoxy) is 3. The third-order valence-electron chi connectivity index (χ3n) is 10.4. The summed E-state index contributed by atoms with van der Waals surface area (Å²) >= 11 is 0. The van der Waals surface area contributed by atoms with Gasteiger partial charge in [0.25, 0.3) is 0 Å². The van der Waals surface area contributed by atoms with E-state index in [0.29, 0.717) is 19.3 Å². The van der Waals surface area contributed by atoms with E-state index in [9.17, 15) is 14.4 Å². The smallest absolute Gasteiger partial charge is 0.306 e. The Bertz CT molecular complexity index is 953. The van der Waals surface area contributed by atoms with Gasteiger partial charge in [-0.2, -0.15) is 0 Å². The average Bonchev–Trinajstić information content (AvgIpc) is 3.19. The Hall–Kier alpha value is -2.37. The molecule has 0 rings (SSSR count). The monoisotopic (exact) mass is 787 g/mol. The fourth-order valence-corrected chi connectivity index (χ4v) is 6.69. The minimum atomic E-state index is -0.774. The molecule has 326 valence electrons. The molecule has 0 aromatic rings. The zero-order valence-electron chi connectivity index (χ0n) is 37.2. The first-order valence-electron chi connectivity index (χ1n) is 24.0. The van der Waals surface area contributed by atoms with E-state index in [0.717, 1.165) is 83.5 Å². The van der Waals surface area contributed by atoms with E-state index in [-0.39, 0.29) is 31.1 Å². The number of allylic oxidation sites excluding steroid dienone is 6. The molecular weight excluding hydrogens is 697 g/mol. The number of hydrogen-bond donors (Lipinski definition) is 0. The van der Waals surface area contributed by atoms with Gasteiger partial charge in [-0.1, -0.05) is 192 Å². The SMILES string of the molecule is CCCC/C=C\CCCCCCCC(=O)OC(COC(=O)CCCCCCCCC/C=C\C/C=C\CCCCC)COC(=O)CCCCCCCCCCCC. The summed E-state index contributed by atoms with van der Waals surface area (Å²) in [5.41, 5.74) is 0. The molecule has 1 unspecified atom stereocenters. The Morgan fingerprint density at radius 3 is 1.09 bits per heavy atom. The summed E-state index contributed by atoms with van der Waals surface area (Å²) in [6, 6.07) is 0.